The highest BCUT2D eigenvalue weighted by Gasteiger charge is 2.39. The summed E-state index contributed by atoms with van der Waals surface area (Å²) in [5, 5.41) is 11.9. The first-order valence-corrected chi connectivity index (χ1v) is 5.60. The van der Waals surface area contributed by atoms with E-state index in [-0.39, 0.29) is 23.6 Å². The highest BCUT2D eigenvalue weighted by molar-refractivity contribution is 5.71. The summed E-state index contributed by atoms with van der Waals surface area (Å²) >= 11 is 0. The van der Waals surface area contributed by atoms with Gasteiger partial charge in [0.25, 0.3) is 0 Å². The van der Waals surface area contributed by atoms with Crippen LogP contribution in [0.25, 0.3) is 0 Å². The topological polar surface area (TPSA) is 62.1 Å². The first-order chi connectivity index (χ1) is 7.24. The molecule has 4 heteroatoms. The number of esters is 1. The van der Waals surface area contributed by atoms with Crippen molar-refractivity contribution < 1.29 is 9.53 Å². The Morgan fingerprint density at radius 1 is 1.38 bits per heavy atom. The number of nitrogens with zero attached hydrogens (tertiary/aromatic N) is 1. The molecule has 0 aromatic heterocycles. The largest absolute Gasteiger partial charge is 0.461 e. The molecule has 1 saturated heterocycles. The van der Waals surface area contributed by atoms with Crippen LogP contribution in [0.15, 0.2) is 0 Å². The minimum absolute atomic E-state index is 0.0423. The number of ether oxygens (including phenoxy) is 1. The maximum absolute atomic E-state index is 11.3. The zero-order chi connectivity index (χ0) is 12.4. The van der Waals surface area contributed by atoms with Crippen LogP contribution in [0.3, 0.4) is 0 Å². The molecular formula is C12H20N2O2. The van der Waals surface area contributed by atoms with Gasteiger partial charge in [0.15, 0.2) is 0 Å². The Labute approximate surface area is 97.0 Å². The van der Waals surface area contributed by atoms with Crippen LogP contribution < -0.4 is 5.32 Å². The van der Waals surface area contributed by atoms with Gasteiger partial charge in [-0.1, -0.05) is 0 Å². The third kappa shape index (κ3) is 3.82. The Bertz CT molecular complexity index is 299. The van der Waals surface area contributed by atoms with Gasteiger partial charge in [-0.05, 0) is 27.7 Å². The highest BCUT2D eigenvalue weighted by atomic mass is 16.5. The van der Waals surface area contributed by atoms with Gasteiger partial charge in [0.05, 0.1) is 6.07 Å². The van der Waals surface area contributed by atoms with Crippen molar-refractivity contribution in [1.82, 2.24) is 5.32 Å². The molecule has 16 heavy (non-hydrogen) atoms. The fourth-order valence-corrected chi connectivity index (χ4v) is 2.60. The van der Waals surface area contributed by atoms with Gasteiger partial charge < -0.3 is 10.1 Å². The average molecular weight is 224 g/mol. The molecule has 0 aliphatic carbocycles. The van der Waals surface area contributed by atoms with Crippen LogP contribution in [0.2, 0.25) is 0 Å². The van der Waals surface area contributed by atoms with Gasteiger partial charge in [0.2, 0.25) is 0 Å². The molecule has 0 bridgehead atoms. The minimum Gasteiger partial charge on any atom is -0.461 e. The molecule has 0 saturated carbocycles. The summed E-state index contributed by atoms with van der Waals surface area (Å²) in [6.07, 6.45) is 1.32. The number of carbonyl (C=O) groups excluding carboxylic acids is 1. The zero-order valence-corrected chi connectivity index (χ0v) is 10.5. The molecule has 90 valence electrons. The quantitative estimate of drug-likeness (QED) is 0.726. The maximum Gasteiger partial charge on any atom is 0.320 e. The van der Waals surface area contributed by atoms with Crippen molar-refractivity contribution in [2.75, 3.05) is 0 Å². The number of rotatable bonds is 2. The monoisotopic (exact) mass is 224 g/mol. The second-order valence-corrected chi connectivity index (χ2v) is 5.75. The van der Waals surface area contributed by atoms with E-state index in [1.54, 1.807) is 0 Å². The Kier molecular flexibility index (Phi) is 3.59. The molecule has 1 aliphatic heterocycles. The van der Waals surface area contributed by atoms with Crippen molar-refractivity contribution in [3.8, 4) is 6.07 Å². The van der Waals surface area contributed by atoms with Gasteiger partial charge in [-0.3, -0.25) is 4.79 Å². The fraction of sp³-hybridized carbons (Fsp3) is 0.833. The van der Waals surface area contributed by atoms with Crippen LogP contribution in [0.5, 0.6) is 0 Å². The Hall–Kier alpha value is -1.08. The summed E-state index contributed by atoms with van der Waals surface area (Å²) in [6.45, 7) is 8.39. The van der Waals surface area contributed by atoms with Crippen molar-refractivity contribution in [2.24, 2.45) is 0 Å². The molecule has 0 amide bonds. The number of nitrogens with one attached hydrogen (secondary N) is 1. The van der Waals surface area contributed by atoms with Gasteiger partial charge in [0, 0.05) is 23.9 Å². The summed E-state index contributed by atoms with van der Waals surface area (Å²) in [7, 11) is 0. The van der Waals surface area contributed by atoms with E-state index in [0.717, 1.165) is 12.8 Å². The Morgan fingerprint density at radius 3 is 2.31 bits per heavy atom. The minimum atomic E-state index is -0.416. The summed E-state index contributed by atoms with van der Waals surface area (Å²) < 4.78 is 5.30. The number of piperidine rings is 1. The number of carbonyl (C=O) groups is 1. The summed E-state index contributed by atoms with van der Waals surface area (Å²) in [4.78, 5) is 11.3. The van der Waals surface area contributed by atoms with Crippen LogP contribution in [-0.4, -0.2) is 23.2 Å². The third-order valence-electron chi connectivity index (χ3n) is 2.67. The van der Waals surface area contributed by atoms with Crippen molar-refractivity contribution in [2.45, 2.75) is 64.1 Å². The van der Waals surface area contributed by atoms with Crippen molar-refractivity contribution in [1.29, 1.82) is 5.26 Å². The molecule has 0 aromatic rings. The molecule has 1 heterocycles. The molecule has 0 spiro atoms. The summed E-state index contributed by atoms with van der Waals surface area (Å²) in [6, 6.07) is 1.81. The fourth-order valence-electron chi connectivity index (χ4n) is 2.60. The van der Waals surface area contributed by atoms with E-state index in [1.165, 1.54) is 0 Å². The molecule has 4 nitrogen and oxygen atoms in total. The van der Waals surface area contributed by atoms with Crippen LogP contribution >= 0.6 is 0 Å². The molecule has 0 aromatic carbocycles. The molecule has 1 N–H and O–H groups in total. The lowest BCUT2D eigenvalue weighted by Gasteiger charge is -2.45. The first-order valence-electron chi connectivity index (χ1n) is 5.60. The maximum atomic E-state index is 11.3. The van der Waals surface area contributed by atoms with Crippen LogP contribution in [0.1, 0.15) is 47.0 Å². The highest BCUT2D eigenvalue weighted by Crippen LogP contribution is 2.30. The van der Waals surface area contributed by atoms with Gasteiger partial charge >= 0.3 is 5.97 Å². The number of hydrogen-bond acceptors (Lipinski definition) is 4. The van der Waals surface area contributed by atoms with E-state index in [2.05, 4.69) is 33.0 Å². The van der Waals surface area contributed by atoms with Crippen LogP contribution in [0.4, 0.5) is 0 Å². The van der Waals surface area contributed by atoms with E-state index in [1.807, 2.05) is 6.07 Å². The Balaban J connectivity index is 2.61. The molecular weight excluding hydrogens is 204 g/mol. The van der Waals surface area contributed by atoms with Crippen molar-refractivity contribution in [3.63, 3.8) is 0 Å². The molecule has 1 aliphatic rings. The third-order valence-corrected chi connectivity index (χ3v) is 2.67. The smallest absolute Gasteiger partial charge is 0.320 e. The van der Waals surface area contributed by atoms with E-state index in [0.29, 0.717) is 0 Å². The first kappa shape index (κ1) is 13.0. The van der Waals surface area contributed by atoms with E-state index < -0.39 is 5.97 Å². The van der Waals surface area contributed by atoms with Crippen LogP contribution in [0, 0.1) is 11.3 Å². The molecule has 1 rings (SSSR count). The van der Waals surface area contributed by atoms with Crippen LogP contribution in [-0.2, 0) is 9.53 Å². The molecule has 0 radical (unpaired) electrons. The SMILES string of the molecule is CC1(C)CC(OC(=O)CC#N)CC(C)(C)N1. The lowest BCUT2D eigenvalue weighted by atomic mass is 9.81. The van der Waals surface area contributed by atoms with Gasteiger partial charge in [-0.25, -0.2) is 0 Å². The zero-order valence-electron chi connectivity index (χ0n) is 10.5. The average Bonchev–Trinajstić information content (AvgIpc) is 1.96. The standard InChI is InChI=1S/C12H20N2O2/c1-11(2)7-9(8-12(3,4)14-11)16-10(15)5-6-13/h9,14H,5,7-8H2,1-4H3. The summed E-state index contributed by atoms with van der Waals surface area (Å²) in [5.74, 6) is -0.416. The van der Waals surface area contributed by atoms with E-state index in [4.69, 9.17) is 10.00 Å². The summed E-state index contributed by atoms with van der Waals surface area (Å²) in [5.41, 5.74) is -0.0846. The number of nitriles is 1. The predicted molar refractivity (Wildman–Crippen MR) is 60.6 cm³/mol. The normalized spacial score (nSPS) is 23.4. The predicted octanol–water partition coefficient (Wildman–Crippen LogP) is 1.75. The van der Waals surface area contributed by atoms with Crippen molar-refractivity contribution in [3.05, 3.63) is 0 Å². The molecule has 1 fully saturated rings. The van der Waals surface area contributed by atoms with Gasteiger partial charge in [-0.15, -0.1) is 0 Å². The second-order valence-electron chi connectivity index (χ2n) is 5.75. The lowest BCUT2D eigenvalue weighted by Crippen LogP contribution is -2.59. The van der Waals surface area contributed by atoms with E-state index in [9.17, 15) is 4.79 Å². The number of hydrogen-bond donors (Lipinski definition) is 1. The van der Waals surface area contributed by atoms with Crippen molar-refractivity contribution >= 4 is 5.97 Å². The lowest BCUT2D eigenvalue weighted by molar-refractivity contribution is -0.151. The van der Waals surface area contributed by atoms with Gasteiger partial charge in [-0.2, -0.15) is 5.26 Å². The Morgan fingerprint density at radius 2 is 1.88 bits per heavy atom. The van der Waals surface area contributed by atoms with Gasteiger partial charge in [0.1, 0.15) is 12.5 Å². The van der Waals surface area contributed by atoms with E-state index >= 15 is 0 Å². The second kappa shape index (κ2) is 4.42. The molecule has 0 atom stereocenters. The molecule has 0 unspecified atom stereocenters.